The summed E-state index contributed by atoms with van der Waals surface area (Å²) in [6.07, 6.45) is -0.564. The highest BCUT2D eigenvalue weighted by Crippen LogP contribution is 2.44. The topological polar surface area (TPSA) is 66.8 Å². The van der Waals surface area contributed by atoms with E-state index in [1.807, 2.05) is 48.5 Å². The van der Waals surface area contributed by atoms with E-state index in [0.29, 0.717) is 5.56 Å². The van der Waals surface area contributed by atoms with Gasteiger partial charge in [-0.15, -0.1) is 0 Å². The van der Waals surface area contributed by atoms with Gasteiger partial charge in [-0.1, -0.05) is 54.6 Å². The molecule has 1 atom stereocenters. The number of amides is 1. The highest BCUT2D eigenvalue weighted by atomic mass is 19.2. The van der Waals surface area contributed by atoms with Crippen LogP contribution in [0.15, 0.2) is 66.7 Å². The first kappa shape index (κ1) is 22.5. The van der Waals surface area contributed by atoms with Crippen LogP contribution in [-0.4, -0.2) is 41.8 Å². The van der Waals surface area contributed by atoms with Crippen LogP contribution >= 0.6 is 0 Å². The van der Waals surface area contributed by atoms with Gasteiger partial charge in [-0.25, -0.2) is 18.4 Å². The smallest absolute Gasteiger partial charge is 0.410 e. The molecule has 4 rings (SSSR count). The summed E-state index contributed by atoms with van der Waals surface area (Å²) >= 11 is 0. The minimum atomic E-state index is -1.20. The van der Waals surface area contributed by atoms with Crippen LogP contribution in [0.1, 0.15) is 29.0 Å². The first-order chi connectivity index (χ1) is 15.9. The number of rotatable bonds is 7. The van der Waals surface area contributed by atoms with Crippen molar-refractivity contribution in [3.63, 3.8) is 0 Å². The fourth-order valence-electron chi connectivity index (χ4n) is 4.30. The molecule has 1 amide bonds. The number of carbonyl (C=O) groups excluding carboxylic acids is 1. The standard InChI is InChI=1S/C26H23F2NO4/c1-29(24(25(30)31)13-11-16-10-12-22(27)23(28)14-16)26(32)33-15-21-19-8-4-2-6-17(19)18-7-3-5-9-20(18)21/h2-10,12,14,21,24H,11,13,15H2,1H3,(H,30,31)/t24-/m0/s1. The fraction of sp³-hybridized carbons (Fsp3) is 0.231. The maximum atomic E-state index is 13.4. The number of fused-ring (bicyclic) bond motifs is 3. The molecule has 1 N–H and O–H groups in total. The van der Waals surface area contributed by atoms with Crippen molar-refractivity contribution >= 4 is 12.1 Å². The van der Waals surface area contributed by atoms with Gasteiger partial charge in [0.25, 0.3) is 0 Å². The second kappa shape index (κ2) is 9.40. The lowest BCUT2D eigenvalue weighted by Crippen LogP contribution is -2.43. The number of benzene rings is 3. The Balaban J connectivity index is 1.43. The molecular formula is C26H23F2NO4. The summed E-state index contributed by atoms with van der Waals surface area (Å²) in [5.74, 6) is -3.30. The van der Waals surface area contributed by atoms with Crippen molar-refractivity contribution in [2.75, 3.05) is 13.7 Å². The summed E-state index contributed by atoms with van der Waals surface area (Å²) in [5.41, 5.74) is 4.75. The van der Waals surface area contributed by atoms with Gasteiger partial charge < -0.3 is 9.84 Å². The molecule has 3 aromatic rings. The van der Waals surface area contributed by atoms with E-state index in [9.17, 15) is 23.5 Å². The van der Waals surface area contributed by atoms with Gasteiger partial charge in [-0.3, -0.25) is 4.90 Å². The van der Waals surface area contributed by atoms with Gasteiger partial charge in [-0.2, -0.15) is 0 Å². The molecule has 0 saturated heterocycles. The fourth-order valence-corrected chi connectivity index (χ4v) is 4.30. The van der Waals surface area contributed by atoms with Crippen LogP contribution < -0.4 is 0 Å². The number of aliphatic carboxylic acids is 1. The van der Waals surface area contributed by atoms with Gasteiger partial charge in [0.05, 0.1) is 0 Å². The van der Waals surface area contributed by atoms with Gasteiger partial charge >= 0.3 is 12.1 Å². The lowest BCUT2D eigenvalue weighted by Gasteiger charge is -2.25. The van der Waals surface area contributed by atoms with Crippen LogP contribution in [0, 0.1) is 11.6 Å². The summed E-state index contributed by atoms with van der Waals surface area (Å²) in [6.45, 7) is 0.0761. The van der Waals surface area contributed by atoms with E-state index in [0.717, 1.165) is 39.3 Å². The van der Waals surface area contributed by atoms with E-state index in [2.05, 4.69) is 0 Å². The molecule has 170 valence electrons. The molecule has 0 aliphatic heterocycles. The van der Waals surface area contributed by atoms with Crippen LogP contribution in [0.5, 0.6) is 0 Å². The molecule has 0 unspecified atom stereocenters. The minimum absolute atomic E-state index is 0.0289. The molecule has 0 fully saturated rings. The van der Waals surface area contributed by atoms with Crippen molar-refractivity contribution in [3.8, 4) is 11.1 Å². The van der Waals surface area contributed by atoms with Crippen LogP contribution in [0.2, 0.25) is 0 Å². The van der Waals surface area contributed by atoms with Gasteiger partial charge in [-0.05, 0) is 52.8 Å². The Morgan fingerprint density at radius 2 is 1.58 bits per heavy atom. The summed E-state index contributed by atoms with van der Waals surface area (Å²) < 4.78 is 32.1. The minimum Gasteiger partial charge on any atom is -0.480 e. The second-order valence-corrected chi connectivity index (χ2v) is 8.06. The average molecular weight is 451 g/mol. The zero-order valence-corrected chi connectivity index (χ0v) is 18.0. The van der Waals surface area contributed by atoms with Crippen LogP contribution in [-0.2, 0) is 16.0 Å². The predicted octanol–water partition coefficient (Wildman–Crippen LogP) is 5.23. The van der Waals surface area contributed by atoms with E-state index >= 15 is 0 Å². The molecule has 33 heavy (non-hydrogen) atoms. The number of likely N-dealkylation sites (N-methyl/N-ethyl adjacent to an activating group) is 1. The van der Waals surface area contributed by atoms with E-state index in [-0.39, 0.29) is 25.4 Å². The Kier molecular flexibility index (Phi) is 6.40. The molecule has 0 bridgehead atoms. The zero-order valence-electron chi connectivity index (χ0n) is 18.0. The maximum Gasteiger partial charge on any atom is 0.410 e. The zero-order chi connectivity index (χ0) is 23.5. The van der Waals surface area contributed by atoms with Crippen molar-refractivity contribution in [3.05, 3.63) is 95.1 Å². The highest BCUT2D eigenvalue weighted by Gasteiger charge is 2.31. The third-order valence-electron chi connectivity index (χ3n) is 6.07. The summed E-state index contributed by atoms with van der Waals surface area (Å²) in [6, 6.07) is 18.1. The number of halogens is 2. The number of hydrogen-bond acceptors (Lipinski definition) is 3. The van der Waals surface area contributed by atoms with Crippen molar-refractivity contribution in [1.82, 2.24) is 4.90 Å². The highest BCUT2D eigenvalue weighted by molar-refractivity contribution is 5.81. The van der Waals surface area contributed by atoms with E-state index in [1.54, 1.807) is 0 Å². The van der Waals surface area contributed by atoms with Crippen LogP contribution in [0.3, 0.4) is 0 Å². The van der Waals surface area contributed by atoms with Crippen molar-refractivity contribution in [2.45, 2.75) is 24.8 Å². The Bertz CT molecular complexity index is 1150. The van der Waals surface area contributed by atoms with Crippen molar-refractivity contribution in [2.24, 2.45) is 0 Å². The van der Waals surface area contributed by atoms with Crippen LogP contribution in [0.4, 0.5) is 13.6 Å². The molecule has 5 nitrogen and oxygen atoms in total. The van der Waals surface area contributed by atoms with E-state index in [4.69, 9.17) is 4.74 Å². The number of carboxylic acids is 1. The average Bonchev–Trinajstić information content (AvgIpc) is 3.13. The quantitative estimate of drug-likeness (QED) is 0.534. The first-order valence-corrected chi connectivity index (χ1v) is 10.6. The second-order valence-electron chi connectivity index (χ2n) is 8.06. The molecular weight excluding hydrogens is 428 g/mol. The Morgan fingerprint density at radius 1 is 0.970 bits per heavy atom. The van der Waals surface area contributed by atoms with Crippen molar-refractivity contribution in [1.29, 1.82) is 0 Å². The molecule has 0 spiro atoms. The van der Waals surface area contributed by atoms with Gasteiger partial charge in [0.1, 0.15) is 12.6 Å². The molecule has 1 aliphatic carbocycles. The third kappa shape index (κ3) is 4.58. The van der Waals surface area contributed by atoms with E-state index < -0.39 is 29.7 Å². The van der Waals surface area contributed by atoms with Gasteiger partial charge in [0.2, 0.25) is 0 Å². The van der Waals surface area contributed by atoms with Crippen molar-refractivity contribution < 1.29 is 28.2 Å². The number of carboxylic acid groups (broad SMARTS) is 1. The number of ether oxygens (including phenoxy) is 1. The summed E-state index contributed by atoms with van der Waals surface area (Å²) in [7, 11) is 1.36. The molecule has 1 aliphatic rings. The number of aryl methyl sites for hydroxylation is 1. The monoisotopic (exact) mass is 451 g/mol. The normalized spacial score (nSPS) is 13.2. The molecule has 3 aromatic carbocycles. The maximum absolute atomic E-state index is 13.4. The molecule has 0 saturated carbocycles. The van der Waals surface area contributed by atoms with Gasteiger partial charge in [0, 0.05) is 13.0 Å². The Hall–Kier alpha value is -3.74. The largest absolute Gasteiger partial charge is 0.480 e. The third-order valence-corrected chi connectivity index (χ3v) is 6.07. The Morgan fingerprint density at radius 3 is 2.15 bits per heavy atom. The summed E-state index contributed by atoms with van der Waals surface area (Å²) in [5, 5.41) is 9.63. The van der Waals surface area contributed by atoms with E-state index in [1.165, 1.54) is 13.1 Å². The number of hydrogen-bond donors (Lipinski definition) is 1. The number of nitrogens with zero attached hydrogens (tertiary/aromatic N) is 1. The first-order valence-electron chi connectivity index (χ1n) is 10.6. The molecule has 0 heterocycles. The summed E-state index contributed by atoms with van der Waals surface area (Å²) in [4.78, 5) is 25.5. The SMILES string of the molecule is CN(C(=O)OCC1c2ccccc2-c2ccccc21)[C@@H](CCc1ccc(F)c(F)c1)C(=O)O. The predicted molar refractivity (Wildman–Crippen MR) is 119 cm³/mol. The Labute approximate surface area is 190 Å². The number of carbonyl (C=O) groups is 2. The van der Waals surface area contributed by atoms with Gasteiger partial charge in [0.15, 0.2) is 11.6 Å². The molecule has 7 heteroatoms. The lowest BCUT2D eigenvalue weighted by molar-refractivity contribution is -0.142. The van der Waals surface area contributed by atoms with Crippen LogP contribution in [0.25, 0.3) is 11.1 Å². The lowest BCUT2D eigenvalue weighted by atomic mass is 9.98. The molecule has 0 radical (unpaired) electrons. The molecule has 0 aromatic heterocycles.